The lowest BCUT2D eigenvalue weighted by Crippen LogP contribution is -2.40. The molecule has 6 heteroatoms. The molecule has 1 aromatic heterocycles. The molecule has 0 radical (unpaired) electrons. The molecule has 3 aromatic rings. The van der Waals surface area contributed by atoms with Crippen LogP contribution in [0.2, 0.25) is 5.02 Å². The first-order valence-corrected chi connectivity index (χ1v) is 10.5. The molecule has 0 aliphatic carbocycles. The van der Waals surface area contributed by atoms with Crippen LogP contribution in [0, 0.1) is 5.92 Å². The van der Waals surface area contributed by atoms with Crippen LogP contribution < -0.4 is 0 Å². The number of nitrogens with zero attached hydrogens (tertiary/aromatic N) is 2. The number of benzene rings is 2. The number of likely N-dealkylation sites (tertiary alicyclic amines) is 1. The first kappa shape index (κ1) is 20.4. The van der Waals surface area contributed by atoms with E-state index in [0.29, 0.717) is 46.2 Å². The predicted molar refractivity (Wildman–Crippen MR) is 117 cm³/mol. The smallest absolute Gasteiger partial charge is 0.339 e. The van der Waals surface area contributed by atoms with Crippen LogP contribution in [0.15, 0.2) is 54.6 Å². The maximum absolute atomic E-state index is 12.9. The number of piperidine rings is 1. The van der Waals surface area contributed by atoms with E-state index in [2.05, 4.69) is 11.9 Å². The van der Waals surface area contributed by atoms with Gasteiger partial charge in [0.15, 0.2) is 6.61 Å². The summed E-state index contributed by atoms with van der Waals surface area (Å²) in [6.07, 6.45) is 1.96. The zero-order valence-corrected chi connectivity index (χ0v) is 17.6. The maximum Gasteiger partial charge on any atom is 0.339 e. The van der Waals surface area contributed by atoms with Crippen LogP contribution in [0.3, 0.4) is 0 Å². The number of aromatic nitrogens is 1. The highest BCUT2D eigenvalue weighted by Crippen LogP contribution is 2.30. The molecule has 2 aromatic carbocycles. The fourth-order valence-electron chi connectivity index (χ4n) is 3.71. The molecule has 1 aliphatic heterocycles. The summed E-state index contributed by atoms with van der Waals surface area (Å²) < 4.78 is 5.41. The van der Waals surface area contributed by atoms with Crippen LogP contribution in [0.5, 0.6) is 0 Å². The van der Waals surface area contributed by atoms with Crippen molar-refractivity contribution in [3.05, 3.63) is 65.2 Å². The highest BCUT2D eigenvalue weighted by Gasteiger charge is 2.22. The zero-order valence-electron chi connectivity index (χ0n) is 16.8. The van der Waals surface area contributed by atoms with Crippen LogP contribution >= 0.6 is 11.6 Å². The number of amides is 1. The lowest BCUT2D eigenvalue weighted by atomic mass is 9.99. The minimum Gasteiger partial charge on any atom is -0.452 e. The van der Waals surface area contributed by atoms with E-state index >= 15 is 0 Å². The zero-order chi connectivity index (χ0) is 21.1. The van der Waals surface area contributed by atoms with E-state index in [1.54, 1.807) is 17.0 Å². The minimum atomic E-state index is -0.541. The molecule has 4 rings (SSSR count). The number of hydrogen-bond donors (Lipinski definition) is 0. The molecule has 0 unspecified atom stereocenters. The summed E-state index contributed by atoms with van der Waals surface area (Å²) >= 11 is 6.33. The normalized spacial score (nSPS) is 14.7. The first-order chi connectivity index (χ1) is 14.5. The standard InChI is InChI=1S/C24H23ClN2O3/c1-16-10-12-27(13-11-16)23(28)15-30-24(29)19-14-22(18-7-2-4-8-20(18)25)26-21-9-5-3-6-17(19)21/h2-9,14,16H,10-13,15H2,1H3. The second kappa shape index (κ2) is 8.84. The summed E-state index contributed by atoms with van der Waals surface area (Å²) in [6.45, 7) is 3.36. The van der Waals surface area contributed by atoms with Gasteiger partial charge in [0.05, 0.1) is 16.8 Å². The van der Waals surface area contributed by atoms with Gasteiger partial charge in [-0.05, 0) is 37.0 Å². The third-order valence-electron chi connectivity index (χ3n) is 5.55. The number of halogens is 1. The molecule has 1 aliphatic rings. The molecule has 1 amide bonds. The average molecular weight is 423 g/mol. The van der Waals surface area contributed by atoms with Gasteiger partial charge in [-0.2, -0.15) is 0 Å². The number of pyridine rings is 1. The highest BCUT2D eigenvalue weighted by atomic mass is 35.5. The Labute approximate surface area is 180 Å². The molecule has 0 atom stereocenters. The van der Waals surface area contributed by atoms with Gasteiger partial charge in [-0.15, -0.1) is 0 Å². The van der Waals surface area contributed by atoms with Crippen LogP contribution in [-0.4, -0.2) is 41.5 Å². The molecule has 1 saturated heterocycles. The Kier molecular flexibility index (Phi) is 6.00. The third kappa shape index (κ3) is 4.31. The van der Waals surface area contributed by atoms with E-state index in [0.717, 1.165) is 18.4 Å². The average Bonchev–Trinajstić information content (AvgIpc) is 2.77. The Hall–Kier alpha value is -2.92. The molecule has 0 N–H and O–H groups in total. The van der Waals surface area contributed by atoms with Crippen molar-refractivity contribution >= 4 is 34.4 Å². The van der Waals surface area contributed by atoms with Gasteiger partial charge in [0, 0.05) is 29.1 Å². The lowest BCUT2D eigenvalue weighted by Gasteiger charge is -2.30. The summed E-state index contributed by atoms with van der Waals surface area (Å²) in [7, 11) is 0. The highest BCUT2D eigenvalue weighted by molar-refractivity contribution is 6.33. The Bertz CT molecular complexity index is 1090. The van der Waals surface area contributed by atoms with Gasteiger partial charge in [0.1, 0.15) is 0 Å². The Morgan fingerprint density at radius 3 is 2.57 bits per heavy atom. The molecule has 0 bridgehead atoms. The van der Waals surface area contributed by atoms with E-state index in [-0.39, 0.29) is 12.5 Å². The monoisotopic (exact) mass is 422 g/mol. The molecule has 154 valence electrons. The van der Waals surface area contributed by atoms with Gasteiger partial charge in [-0.1, -0.05) is 54.9 Å². The molecule has 1 fully saturated rings. The number of ether oxygens (including phenoxy) is 1. The molecule has 0 saturated carbocycles. The van der Waals surface area contributed by atoms with Gasteiger partial charge in [-0.25, -0.2) is 9.78 Å². The van der Waals surface area contributed by atoms with Crippen LogP contribution in [0.25, 0.3) is 22.2 Å². The van der Waals surface area contributed by atoms with E-state index < -0.39 is 5.97 Å². The molecular weight excluding hydrogens is 400 g/mol. The van der Waals surface area contributed by atoms with Crippen molar-refractivity contribution in [2.45, 2.75) is 19.8 Å². The van der Waals surface area contributed by atoms with Gasteiger partial charge in [-0.3, -0.25) is 4.79 Å². The Balaban J connectivity index is 1.59. The van der Waals surface area contributed by atoms with Crippen molar-refractivity contribution in [2.24, 2.45) is 5.92 Å². The predicted octanol–water partition coefficient (Wildman–Crippen LogP) is 4.97. The number of hydrogen-bond acceptors (Lipinski definition) is 4. The van der Waals surface area contributed by atoms with Gasteiger partial charge in [0.2, 0.25) is 0 Å². The van der Waals surface area contributed by atoms with Crippen molar-refractivity contribution in [3.8, 4) is 11.3 Å². The van der Waals surface area contributed by atoms with Gasteiger partial charge in [0.25, 0.3) is 5.91 Å². The topological polar surface area (TPSA) is 59.5 Å². The van der Waals surface area contributed by atoms with Crippen LogP contribution in [-0.2, 0) is 9.53 Å². The molecular formula is C24H23ClN2O3. The van der Waals surface area contributed by atoms with Crippen LogP contribution in [0.1, 0.15) is 30.1 Å². The van der Waals surface area contributed by atoms with Crippen LogP contribution in [0.4, 0.5) is 0 Å². The summed E-state index contributed by atoms with van der Waals surface area (Å²) in [5.74, 6) is -0.0661. The Morgan fingerprint density at radius 1 is 1.10 bits per heavy atom. The first-order valence-electron chi connectivity index (χ1n) is 10.1. The van der Waals surface area contributed by atoms with Crippen molar-refractivity contribution < 1.29 is 14.3 Å². The quantitative estimate of drug-likeness (QED) is 0.557. The van der Waals surface area contributed by atoms with Crippen molar-refractivity contribution in [1.29, 1.82) is 0 Å². The second-order valence-corrected chi connectivity index (χ2v) is 8.10. The molecule has 0 spiro atoms. The Morgan fingerprint density at radius 2 is 1.80 bits per heavy atom. The summed E-state index contributed by atoms with van der Waals surface area (Å²) in [5, 5.41) is 1.23. The van der Waals surface area contributed by atoms with E-state index in [1.807, 2.05) is 42.5 Å². The van der Waals surface area contributed by atoms with Gasteiger partial charge < -0.3 is 9.64 Å². The maximum atomic E-state index is 12.9. The molecule has 30 heavy (non-hydrogen) atoms. The fourth-order valence-corrected chi connectivity index (χ4v) is 3.94. The summed E-state index contributed by atoms with van der Waals surface area (Å²) in [4.78, 5) is 31.8. The number of esters is 1. The van der Waals surface area contributed by atoms with Crippen molar-refractivity contribution in [3.63, 3.8) is 0 Å². The third-order valence-corrected chi connectivity index (χ3v) is 5.88. The summed E-state index contributed by atoms with van der Waals surface area (Å²) in [5.41, 5.74) is 2.36. The van der Waals surface area contributed by atoms with E-state index in [1.165, 1.54) is 0 Å². The second-order valence-electron chi connectivity index (χ2n) is 7.69. The van der Waals surface area contributed by atoms with Gasteiger partial charge >= 0.3 is 5.97 Å². The molecule has 2 heterocycles. The van der Waals surface area contributed by atoms with E-state index in [4.69, 9.17) is 16.3 Å². The fraction of sp³-hybridized carbons (Fsp3) is 0.292. The number of carbonyl (C=O) groups is 2. The van der Waals surface area contributed by atoms with Crippen molar-refractivity contribution in [2.75, 3.05) is 19.7 Å². The molecule has 5 nitrogen and oxygen atoms in total. The number of rotatable bonds is 4. The lowest BCUT2D eigenvalue weighted by molar-refractivity contribution is -0.135. The minimum absolute atomic E-state index is 0.153. The largest absolute Gasteiger partial charge is 0.452 e. The number of para-hydroxylation sites is 1. The number of carbonyl (C=O) groups excluding carboxylic acids is 2. The van der Waals surface area contributed by atoms with E-state index in [9.17, 15) is 9.59 Å². The SMILES string of the molecule is CC1CCN(C(=O)COC(=O)c2cc(-c3ccccc3Cl)nc3ccccc23)CC1. The summed E-state index contributed by atoms with van der Waals surface area (Å²) in [6, 6.07) is 16.4. The van der Waals surface area contributed by atoms with Crippen molar-refractivity contribution in [1.82, 2.24) is 9.88 Å². The number of fused-ring (bicyclic) bond motifs is 1.